The molecule has 0 rings (SSSR count). The Morgan fingerprint density at radius 1 is 0.960 bits per heavy atom. The van der Waals surface area contributed by atoms with Crippen molar-refractivity contribution in [1.82, 2.24) is 0 Å². The molecule has 2 N–H and O–H groups in total. The van der Waals surface area contributed by atoms with E-state index in [4.69, 9.17) is 10.2 Å². The van der Waals surface area contributed by atoms with Gasteiger partial charge in [0.25, 0.3) is 0 Å². The van der Waals surface area contributed by atoms with Crippen LogP contribution in [-0.2, 0) is 4.79 Å². The predicted octanol–water partition coefficient (Wildman–Crippen LogP) is 5.51. The third-order valence-electron chi connectivity index (χ3n) is 3.34. The third kappa shape index (κ3) is 18.1. The van der Waals surface area contributed by atoms with Crippen LogP contribution in [-0.4, -0.2) is 22.3 Å². The molecule has 0 radical (unpaired) electrons. The van der Waals surface area contributed by atoms with Crippen molar-refractivity contribution in [3.63, 3.8) is 0 Å². The topological polar surface area (TPSA) is 57.5 Å². The number of hydrogen-bond acceptors (Lipinski definition) is 2. The van der Waals surface area contributed by atoms with Gasteiger partial charge in [-0.2, -0.15) is 0 Å². The first-order valence-electron chi connectivity index (χ1n) is 9.10. The highest BCUT2D eigenvalue weighted by atomic mass is 16.4. The van der Waals surface area contributed by atoms with Crippen molar-refractivity contribution in [2.45, 2.75) is 64.4 Å². The van der Waals surface area contributed by atoms with Crippen LogP contribution >= 0.6 is 0 Å². The molecule has 1 unspecified atom stereocenters. The van der Waals surface area contributed by atoms with E-state index in [0.717, 1.165) is 25.7 Å². The van der Waals surface area contributed by atoms with Crippen molar-refractivity contribution < 1.29 is 15.0 Å². The Labute approximate surface area is 152 Å². The maximum atomic E-state index is 10.4. The summed E-state index contributed by atoms with van der Waals surface area (Å²) in [7, 11) is 0. The minimum atomic E-state index is -1.30. The van der Waals surface area contributed by atoms with Gasteiger partial charge >= 0.3 is 5.97 Å². The van der Waals surface area contributed by atoms with Crippen molar-refractivity contribution in [3.8, 4) is 0 Å². The number of hydrogen-bond donors (Lipinski definition) is 2. The summed E-state index contributed by atoms with van der Waals surface area (Å²) >= 11 is 0. The molecule has 0 aliphatic rings. The van der Waals surface area contributed by atoms with Crippen LogP contribution in [0.5, 0.6) is 0 Å². The molecule has 138 valence electrons. The molecule has 3 heteroatoms. The first-order valence-corrected chi connectivity index (χ1v) is 9.10. The summed E-state index contributed by atoms with van der Waals surface area (Å²) in [5.41, 5.74) is 3.12. The molecule has 0 bridgehead atoms. The van der Waals surface area contributed by atoms with E-state index in [1.54, 1.807) is 6.08 Å². The molecule has 0 aromatic heterocycles. The molecular formula is C22H32O3. The van der Waals surface area contributed by atoms with E-state index in [0.29, 0.717) is 0 Å². The van der Waals surface area contributed by atoms with Crippen LogP contribution in [0.3, 0.4) is 0 Å². The molecule has 0 aliphatic heterocycles. The molecule has 0 amide bonds. The highest BCUT2D eigenvalue weighted by Gasteiger charge is 2.09. The van der Waals surface area contributed by atoms with Crippen LogP contribution in [0, 0.1) is 0 Å². The molecule has 25 heavy (non-hydrogen) atoms. The molecule has 1 atom stereocenters. The predicted molar refractivity (Wildman–Crippen MR) is 105 cm³/mol. The average molecular weight is 344 g/mol. The lowest BCUT2D eigenvalue weighted by atomic mass is 10.2. The zero-order valence-corrected chi connectivity index (χ0v) is 15.3. The fourth-order valence-electron chi connectivity index (χ4n) is 1.87. The number of aliphatic hydroxyl groups excluding tert-OH is 1. The Morgan fingerprint density at radius 2 is 1.64 bits per heavy atom. The van der Waals surface area contributed by atoms with Gasteiger partial charge in [0.15, 0.2) is 6.10 Å². The number of unbranched alkanes of at least 4 members (excludes halogenated alkanes) is 3. The van der Waals surface area contributed by atoms with Crippen LogP contribution in [0.4, 0.5) is 0 Å². The smallest absolute Gasteiger partial charge is 0.332 e. The second-order valence-corrected chi connectivity index (χ2v) is 5.66. The van der Waals surface area contributed by atoms with Gasteiger partial charge in [0, 0.05) is 6.42 Å². The molecule has 0 heterocycles. The standard InChI is InChI=1S/C22H32O3/c1-2-3-4-5-6-7-8-9-10-11-12-13-14-15-16-17-18-19-20-21(23)22(24)25/h5-6,8-10,12,14-15,18-19,21,23H,2-4,7,13,16-17,20H2,1H3,(H,24,25)/b6-5+,9-8+,15-14+,19-18+. The summed E-state index contributed by atoms with van der Waals surface area (Å²) in [4.78, 5) is 10.4. The second-order valence-electron chi connectivity index (χ2n) is 5.66. The number of carbonyl (C=O) groups is 1. The summed E-state index contributed by atoms with van der Waals surface area (Å²) in [5.74, 6) is -1.18. The van der Waals surface area contributed by atoms with Gasteiger partial charge in [0.1, 0.15) is 0 Å². The van der Waals surface area contributed by atoms with Gasteiger partial charge in [-0.15, -0.1) is 5.73 Å². The maximum absolute atomic E-state index is 10.4. The Bertz CT molecular complexity index is 503. The van der Waals surface area contributed by atoms with E-state index < -0.39 is 12.1 Å². The molecule has 0 aromatic carbocycles. The second kappa shape index (κ2) is 18.3. The van der Waals surface area contributed by atoms with E-state index in [1.165, 1.54) is 19.3 Å². The molecule has 3 nitrogen and oxygen atoms in total. The van der Waals surface area contributed by atoms with E-state index in [2.05, 4.69) is 43.0 Å². The zero-order valence-electron chi connectivity index (χ0n) is 15.3. The Kier molecular flexibility index (Phi) is 16.7. The van der Waals surface area contributed by atoms with Crippen LogP contribution in [0.15, 0.2) is 66.5 Å². The lowest BCUT2D eigenvalue weighted by molar-refractivity contribution is -0.146. The summed E-state index contributed by atoms with van der Waals surface area (Å²) < 4.78 is 0. The SMILES string of the molecule is CCCC/C=C/C/C=C/C=C=CC/C=C/CC/C=C/CC(O)C(=O)O. The minimum absolute atomic E-state index is 0.161. The van der Waals surface area contributed by atoms with E-state index in [9.17, 15) is 4.79 Å². The van der Waals surface area contributed by atoms with E-state index in [-0.39, 0.29) is 6.42 Å². The Hall–Kier alpha value is -2.09. The third-order valence-corrected chi connectivity index (χ3v) is 3.34. The van der Waals surface area contributed by atoms with Gasteiger partial charge < -0.3 is 10.2 Å². The minimum Gasteiger partial charge on any atom is -0.479 e. The quantitative estimate of drug-likeness (QED) is 0.189. The zero-order chi connectivity index (χ0) is 18.6. The maximum Gasteiger partial charge on any atom is 0.332 e. The number of carboxylic acids is 1. The monoisotopic (exact) mass is 344 g/mol. The summed E-state index contributed by atoms with van der Waals surface area (Å²) in [6, 6.07) is 0. The van der Waals surface area contributed by atoms with Gasteiger partial charge in [-0.05, 0) is 44.3 Å². The van der Waals surface area contributed by atoms with Crippen molar-refractivity contribution >= 4 is 5.97 Å². The number of carboxylic acid groups (broad SMARTS) is 1. The van der Waals surface area contributed by atoms with Gasteiger partial charge in [0.05, 0.1) is 0 Å². The Morgan fingerprint density at radius 3 is 2.36 bits per heavy atom. The molecular weight excluding hydrogens is 312 g/mol. The van der Waals surface area contributed by atoms with Gasteiger partial charge in [-0.1, -0.05) is 68.4 Å². The highest BCUT2D eigenvalue weighted by Crippen LogP contribution is 1.99. The highest BCUT2D eigenvalue weighted by molar-refractivity contribution is 5.72. The van der Waals surface area contributed by atoms with E-state index >= 15 is 0 Å². The van der Waals surface area contributed by atoms with Crippen LogP contribution in [0.2, 0.25) is 0 Å². The largest absolute Gasteiger partial charge is 0.479 e. The first-order chi connectivity index (χ1) is 12.2. The number of allylic oxidation sites excluding steroid dienone is 8. The van der Waals surface area contributed by atoms with Crippen molar-refractivity contribution in [2.24, 2.45) is 0 Å². The van der Waals surface area contributed by atoms with Crippen LogP contribution < -0.4 is 0 Å². The fourth-order valence-corrected chi connectivity index (χ4v) is 1.87. The Balaban J connectivity index is 3.66. The number of aliphatic hydroxyl groups is 1. The normalized spacial score (nSPS) is 13.0. The van der Waals surface area contributed by atoms with Crippen LogP contribution in [0.25, 0.3) is 0 Å². The van der Waals surface area contributed by atoms with E-state index in [1.807, 2.05) is 24.3 Å². The number of rotatable bonds is 14. The molecule has 0 saturated carbocycles. The summed E-state index contributed by atoms with van der Waals surface area (Å²) in [5, 5.41) is 17.6. The van der Waals surface area contributed by atoms with Gasteiger partial charge in [-0.3, -0.25) is 0 Å². The molecule has 0 saturated heterocycles. The lowest BCUT2D eigenvalue weighted by Gasteiger charge is -1.98. The average Bonchev–Trinajstić information content (AvgIpc) is 2.60. The fraction of sp³-hybridized carbons (Fsp3) is 0.455. The molecule has 0 aromatic rings. The van der Waals surface area contributed by atoms with Gasteiger partial charge in [-0.25, -0.2) is 4.79 Å². The number of aliphatic carboxylic acids is 1. The molecule has 0 spiro atoms. The lowest BCUT2D eigenvalue weighted by Crippen LogP contribution is -2.17. The molecule has 0 fully saturated rings. The van der Waals surface area contributed by atoms with Crippen LogP contribution in [0.1, 0.15) is 58.3 Å². The summed E-state index contributed by atoms with van der Waals surface area (Å²) in [6.07, 6.45) is 26.4. The van der Waals surface area contributed by atoms with Gasteiger partial charge in [0.2, 0.25) is 0 Å². The van der Waals surface area contributed by atoms with Crippen molar-refractivity contribution in [3.05, 3.63) is 66.5 Å². The first kappa shape index (κ1) is 22.9. The summed E-state index contributed by atoms with van der Waals surface area (Å²) in [6.45, 7) is 2.20. The van der Waals surface area contributed by atoms with Crippen molar-refractivity contribution in [2.75, 3.05) is 0 Å². The molecule has 0 aliphatic carbocycles. The van der Waals surface area contributed by atoms with Crippen molar-refractivity contribution in [1.29, 1.82) is 0 Å².